The molecule has 9 rings (SSSR count). The highest BCUT2D eigenvalue weighted by molar-refractivity contribution is 6.03. The molecule has 0 radical (unpaired) electrons. The number of aromatic nitrogens is 7. The second-order valence-electron chi connectivity index (χ2n) is 15.5. The molecular weight excluding hydrogens is 685 g/mol. The second-order valence-corrected chi connectivity index (χ2v) is 15.5. The molecule has 0 spiro atoms. The Hall–Kier alpha value is -5.44. The number of rotatable bonds is 8. The Morgan fingerprint density at radius 1 is 0.944 bits per heavy atom. The van der Waals surface area contributed by atoms with E-state index in [1.165, 1.54) is 5.56 Å². The van der Waals surface area contributed by atoms with Gasteiger partial charge >= 0.3 is 0 Å². The standard InChI is InChI=1S/C39H46N12O3/c1-47(2)38(54)30-20-25-22-42-39(45-35(25)51(30)26-6-4-5-7-26)43-31-10-8-23(21-41-31)24-18-27(19-24)49-14-16-50(17-15-49)36-34-28(12-13-40-36)33(46-48(34)3)29-9-11-32(52)44-37(29)53/h8,10,12-13,20-22,24,26-27,29H,4-7,9,11,14-19H2,1-3H3,(H,44,52,53)(H,41,42,43,45). The van der Waals surface area contributed by atoms with E-state index in [-0.39, 0.29) is 23.8 Å². The number of aryl methyl sites for hydroxylation is 1. The van der Waals surface area contributed by atoms with Crippen LogP contribution in [0.2, 0.25) is 0 Å². The number of amides is 3. The number of piperidine rings is 1. The summed E-state index contributed by atoms with van der Waals surface area (Å²) in [5.41, 5.74) is 4.33. The van der Waals surface area contributed by atoms with Crippen molar-refractivity contribution in [2.24, 2.45) is 7.05 Å². The lowest BCUT2D eigenvalue weighted by Crippen LogP contribution is -2.53. The third kappa shape index (κ3) is 6.13. The average Bonchev–Trinajstić information content (AvgIpc) is 3.89. The van der Waals surface area contributed by atoms with Crippen molar-refractivity contribution in [3.05, 3.63) is 59.8 Å². The van der Waals surface area contributed by atoms with Gasteiger partial charge in [0, 0.05) is 95.2 Å². The van der Waals surface area contributed by atoms with E-state index >= 15 is 0 Å². The Balaban J connectivity index is 0.818. The van der Waals surface area contributed by atoms with Crippen molar-refractivity contribution in [1.29, 1.82) is 0 Å². The maximum Gasteiger partial charge on any atom is 0.270 e. The first-order valence-electron chi connectivity index (χ1n) is 19.2. The maximum absolute atomic E-state index is 13.1. The van der Waals surface area contributed by atoms with E-state index in [2.05, 4.69) is 36.1 Å². The van der Waals surface area contributed by atoms with Crippen LogP contribution in [0.15, 0.2) is 42.9 Å². The predicted octanol–water partition coefficient (Wildman–Crippen LogP) is 4.26. The van der Waals surface area contributed by atoms with Gasteiger partial charge in [0.15, 0.2) is 5.82 Å². The summed E-state index contributed by atoms with van der Waals surface area (Å²) in [7, 11) is 5.47. The molecule has 2 N–H and O–H groups in total. The zero-order chi connectivity index (χ0) is 37.1. The predicted molar refractivity (Wildman–Crippen MR) is 204 cm³/mol. The van der Waals surface area contributed by atoms with Gasteiger partial charge in [0.1, 0.15) is 22.7 Å². The minimum absolute atomic E-state index is 0.0217. The van der Waals surface area contributed by atoms with Crippen molar-refractivity contribution in [2.75, 3.05) is 50.5 Å². The molecule has 0 aromatic carbocycles. The summed E-state index contributed by atoms with van der Waals surface area (Å²) in [5.74, 6) is 1.57. The molecule has 2 saturated carbocycles. The Labute approximate surface area is 313 Å². The van der Waals surface area contributed by atoms with Crippen LogP contribution in [-0.2, 0) is 16.6 Å². The molecule has 15 nitrogen and oxygen atoms in total. The lowest BCUT2D eigenvalue weighted by molar-refractivity contribution is -0.134. The van der Waals surface area contributed by atoms with Gasteiger partial charge in [-0.25, -0.2) is 15.0 Å². The first kappa shape index (κ1) is 34.3. The van der Waals surface area contributed by atoms with Crippen LogP contribution in [-0.4, -0.2) is 108 Å². The fourth-order valence-corrected chi connectivity index (χ4v) is 8.96. The number of anilines is 3. The zero-order valence-electron chi connectivity index (χ0n) is 31.0. The number of carbonyl (C=O) groups excluding carboxylic acids is 3. The first-order valence-corrected chi connectivity index (χ1v) is 19.2. The van der Waals surface area contributed by atoms with Crippen molar-refractivity contribution >= 4 is 57.2 Å². The molecule has 0 bridgehead atoms. The van der Waals surface area contributed by atoms with Crippen LogP contribution in [0, 0.1) is 0 Å². The second kappa shape index (κ2) is 13.8. The van der Waals surface area contributed by atoms with Crippen LogP contribution in [0.1, 0.15) is 91.0 Å². The SMILES string of the molecule is CN(C)C(=O)c1cc2cnc(Nc3ccc(C4CC(N5CCN(c6nccc7c(C8CCC(=O)NC8=O)nn(C)c67)CC5)C4)cn3)nc2n1C1CCCC1. The van der Waals surface area contributed by atoms with Gasteiger partial charge in [-0.05, 0) is 61.8 Å². The summed E-state index contributed by atoms with van der Waals surface area (Å²) in [4.78, 5) is 63.0. The number of pyridine rings is 2. The number of nitrogens with zero attached hydrogens (tertiary/aromatic N) is 10. The zero-order valence-corrected chi connectivity index (χ0v) is 31.0. The van der Waals surface area contributed by atoms with E-state index in [1.54, 1.807) is 31.4 Å². The van der Waals surface area contributed by atoms with Crippen LogP contribution in [0.3, 0.4) is 0 Å². The van der Waals surface area contributed by atoms with Crippen molar-refractivity contribution in [3.8, 4) is 0 Å². The molecule has 1 atom stereocenters. The molecule has 7 heterocycles. The number of imide groups is 1. The summed E-state index contributed by atoms with van der Waals surface area (Å²) in [6.45, 7) is 3.63. The van der Waals surface area contributed by atoms with Crippen LogP contribution < -0.4 is 15.5 Å². The van der Waals surface area contributed by atoms with Crippen molar-refractivity contribution in [2.45, 2.75) is 75.3 Å². The third-order valence-corrected chi connectivity index (χ3v) is 12.0. The maximum atomic E-state index is 13.1. The number of piperazine rings is 1. The monoisotopic (exact) mass is 730 g/mol. The summed E-state index contributed by atoms with van der Waals surface area (Å²) in [6, 6.07) is 8.81. The minimum Gasteiger partial charge on any atom is -0.352 e. The van der Waals surface area contributed by atoms with Crippen molar-refractivity contribution in [3.63, 3.8) is 0 Å². The fourth-order valence-electron chi connectivity index (χ4n) is 8.96. The molecular formula is C39H46N12O3. The van der Waals surface area contributed by atoms with E-state index in [0.29, 0.717) is 48.0 Å². The van der Waals surface area contributed by atoms with Crippen LogP contribution in [0.4, 0.5) is 17.6 Å². The van der Waals surface area contributed by atoms with Crippen LogP contribution >= 0.6 is 0 Å². The van der Waals surface area contributed by atoms with Crippen molar-refractivity contribution < 1.29 is 14.4 Å². The molecule has 15 heteroatoms. The smallest absolute Gasteiger partial charge is 0.270 e. The lowest BCUT2D eigenvalue weighted by atomic mass is 9.75. The van der Waals surface area contributed by atoms with Crippen molar-refractivity contribution in [1.82, 2.24) is 49.4 Å². The topological polar surface area (TPSA) is 159 Å². The summed E-state index contributed by atoms with van der Waals surface area (Å²) >= 11 is 0. The van der Waals surface area contributed by atoms with Gasteiger partial charge < -0.3 is 19.7 Å². The summed E-state index contributed by atoms with van der Waals surface area (Å²) in [6.07, 6.45) is 13.0. The quantitative estimate of drug-likeness (QED) is 0.220. The van der Waals surface area contributed by atoms with Gasteiger partial charge in [0.2, 0.25) is 17.8 Å². The lowest BCUT2D eigenvalue weighted by Gasteiger charge is -2.46. The van der Waals surface area contributed by atoms with Crippen LogP contribution in [0.5, 0.6) is 0 Å². The van der Waals surface area contributed by atoms with E-state index < -0.39 is 5.92 Å². The number of hydrogen-bond donors (Lipinski definition) is 2. The molecule has 280 valence electrons. The third-order valence-electron chi connectivity index (χ3n) is 12.0. The molecule has 2 saturated heterocycles. The highest BCUT2D eigenvalue weighted by Gasteiger charge is 2.37. The molecule has 3 amide bonds. The van der Waals surface area contributed by atoms with Gasteiger partial charge in [0.05, 0.1) is 11.6 Å². The summed E-state index contributed by atoms with van der Waals surface area (Å²) in [5, 5.41) is 12.3. The Kier molecular flexibility index (Phi) is 8.75. The van der Waals surface area contributed by atoms with Gasteiger partial charge in [-0.1, -0.05) is 18.9 Å². The molecule has 4 fully saturated rings. The number of nitrogens with one attached hydrogen (secondary N) is 2. The van der Waals surface area contributed by atoms with E-state index in [9.17, 15) is 14.4 Å². The molecule has 5 aromatic heterocycles. The highest BCUT2D eigenvalue weighted by Crippen LogP contribution is 2.41. The van der Waals surface area contributed by atoms with E-state index in [4.69, 9.17) is 20.1 Å². The summed E-state index contributed by atoms with van der Waals surface area (Å²) < 4.78 is 3.96. The van der Waals surface area contributed by atoms with Gasteiger partial charge in [-0.15, -0.1) is 0 Å². The Bertz CT molecular complexity index is 2240. The van der Waals surface area contributed by atoms with E-state index in [0.717, 1.165) is 92.5 Å². The average molecular weight is 731 g/mol. The van der Waals surface area contributed by atoms with Gasteiger partial charge in [-0.2, -0.15) is 10.1 Å². The minimum atomic E-state index is -0.438. The Morgan fingerprint density at radius 2 is 1.74 bits per heavy atom. The molecule has 2 aliphatic heterocycles. The number of carbonyl (C=O) groups is 3. The molecule has 54 heavy (non-hydrogen) atoms. The van der Waals surface area contributed by atoms with Gasteiger partial charge in [-0.3, -0.25) is 29.3 Å². The largest absolute Gasteiger partial charge is 0.352 e. The molecule has 2 aliphatic carbocycles. The van der Waals surface area contributed by atoms with E-state index in [1.807, 2.05) is 36.1 Å². The number of fused-ring (bicyclic) bond motifs is 2. The van der Waals surface area contributed by atoms with Gasteiger partial charge in [0.25, 0.3) is 5.91 Å². The fraction of sp³-hybridized carbons (Fsp3) is 0.487. The molecule has 5 aromatic rings. The normalized spacial score (nSPS) is 22.5. The van der Waals surface area contributed by atoms with Crippen LogP contribution in [0.25, 0.3) is 21.9 Å². The highest BCUT2D eigenvalue weighted by atomic mass is 16.2. The first-order chi connectivity index (χ1) is 26.2. The number of hydrogen-bond acceptors (Lipinski definition) is 11. The molecule has 1 unspecified atom stereocenters. The molecule has 4 aliphatic rings. The Morgan fingerprint density at radius 3 is 2.46 bits per heavy atom.